The molecule has 3 nitrogen and oxygen atoms in total. The largest absolute Gasteiger partial charge is 0.303 e. The van der Waals surface area contributed by atoms with Crippen molar-refractivity contribution in [3.63, 3.8) is 0 Å². The molecular formula is C12H18ClN3S. The van der Waals surface area contributed by atoms with Gasteiger partial charge in [0.2, 0.25) is 0 Å². The van der Waals surface area contributed by atoms with E-state index in [1.165, 1.54) is 31.5 Å². The molecule has 0 N–H and O–H groups in total. The molecule has 1 aromatic rings. The van der Waals surface area contributed by atoms with Crippen LogP contribution in [0.5, 0.6) is 0 Å². The predicted molar refractivity (Wildman–Crippen MR) is 70.9 cm³/mol. The van der Waals surface area contributed by atoms with Crippen LogP contribution in [-0.2, 0) is 0 Å². The number of thioether (sulfide) groups is 1. The van der Waals surface area contributed by atoms with Crippen LogP contribution in [0.3, 0.4) is 0 Å². The first-order chi connectivity index (χ1) is 8.29. The highest BCUT2D eigenvalue weighted by molar-refractivity contribution is 7.99. The van der Waals surface area contributed by atoms with E-state index < -0.39 is 0 Å². The Labute approximate surface area is 111 Å². The van der Waals surface area contributed by atoms with Crippen molar-refractivity contribution in [1.29, 1.82) is 0 Å². The molecule has 0 aromatic carbocycles. The second kappa shape index (κ2) is 4.81. The van der Waals surface area contributed by atoms with Crippen molar-refractivity contribution < 1.29 is 0 Å². The van der Waals surface area contributed by atoms with Gasteiger partial charge in [-0.05, 0) is 31.6 Å². The van der Waals surface area contributed by atoms with Crippen LogP contribution in [0.25, 0.3) is 0 Å². The third kappa shape index (κ3) is 2.63. The third-order valence-corrected chi connectivity index (χ3v) is 5.10. The molecule has 1 aromatic heterocycles. The zero-order chi connectivity index (χ0) is 11.8. The van der Waals surface area contributed by atoms with E-state index in [2.05, 4.69) is 21.7 Å². The average Bonchev–Trinajstić information content (AvgIpc) is 3.24. The van der Waals surface area contributed by atoms with Gasteiger partial charge in [-0.2, -0.15) is 0 Å². The number of alkyl halides is 1. The van der Waals surface area contributed by atoms with Crippen molar-refractivity contribution in [2.45, 2.75) is 49.7 Å². The summed E-state index contributed by atoms with van der Waals surface area (Å²) in [5.74, 6) is 4.24. The van der Waals surface area contributed by atoms with Gasteiger partial charge >= 0.3 is 0 Å². The molecule has 0 aliphatic heterocycles. The van der Waals surface area contributed by atoms with E-state index >= 15 is 0 Å². The van der Waals surface area contributed by atoms with Crippen molar-refractivity contribution >= 4 is 23.4 Å². The Bertz CT molecular complexity index is 398. The van der Waals surface area contributed by atoms with Crippen molar-refractivity contribution in [3.8, 4) is 0 Å². The lowest BCUT2D eigenvalue weighted by atomic mass is 10.3. The van der Waals surface area contributed by atoms with Gasteiger partial charge in [0.15, 0.2) is 5.16 Å². The normalized spacial score (nSPS) is 21.8. The van der Waals surface area contributed by atoms with Gasteiger partial charge in [0, 0.05) is 23.6 Å². The molecule has 94 valence electrons. The fourth-order valence-corrected chi connectivity index (χ4v) is 3.21. The van der Waals surface area contributed by atoms with E-state index in [4.69, 9.17) is 11.6 Å². The Kier molecular flexibility index (Phi) is 3.35. The first kappa shape index (κ1) is 11.8. The van der Waals surface area contributed by atoms with Gasteiger partial charge < -0.3 is 4.57 Å². The summed E-state index contributed by atoms with van der Waals surface area (Å²) in [6.07, 6.45) is 5.20. The molecule has 1 atom stereocenters. The lowest BCUT2D eigenvalue weighted by molar-refractivity contribution is 0.625. The lowest BCUT2D eigenvalue weighted by Gasteiger charge is -2.09. The molecule has 0 amide bonds. The summed E-state index contributed by atoms with van der Waals surface area (Å²) in [5, 5.41) is 9.90. The molecule has 3 rings (SSSR count). The van der Waals surface area contributed by atoms with Crippen LogP contribution >= 0.6 is 23.4 Å². The van der Waals surface area contributed by atoms with Crippen LogP contribution in [-0.4, -0.2) is 26.4 Å². The van der Waals surface area contributed by atoms with Gasteiger partial charge in [0.1, 0.15) is 5.82 Å². The Morgan fingerprint density at radius 1 is 1.35 bits per heavy atom. The lowest BCUT2D eigenvalue weighted by Crippen LogP contribution is -2.04. The van der Waals surface area contributed by atoms with Crippen molar-refractivity contribution in [1.82, 2.24) is 14.8 Å². The molecule has 2 saturated carbocycles. The van der Waals surface area contributed by atoms with Crippen LogP contribution in [0.4, 0.5) is 0 Å². The number of nitrogens with zero attached hydrogens (tertiary/aromatic N) is 3. The van der Waals surface area contributed by atoms with Crippen LogP contribution in [0.1, 0.15) is 50.4 Å². The minimum atomic E-state index is 0.537. The minimum Gasteiger partial charge on any atom is -0.303 e. The minimum absolute atomic E-state index is 0.537. The van der Waals surface area contributed by atoms with Crippen molar-refractivity contribution in [2.24, 2.45) is 5.92 Å². The van der Waals surface area contributed by atoms with Crippen LogP contribution in [0.15, 0.2) is 5.16 Å². The molecule has 2 aliphatic rings. The maximum absolute atomic E-state index is 5.84. The Morgan fingerprint density at radius 3 is 2.71 bits per heavy atom. The van der Waals surface area contributed by atoms with E-state index in [1.54, 1.807) is 0 Å². The van der Waals surface area contributed by atoms with Crippen molar-refractivity contribution in [2.75, 3.05) is 11.6 Å². The molecule has 0 saturated heterocycles. The van der Waals surface area contributed by atoms with Crippen molar-refractivity contribution in [3.05, 3.63) is 5.82 Å². The van der Waals surface area contributed by atoms with E-state index in [0.717, 1.165) is 16.8 Å². The molecule has 0 radical (unpaired) electrons. The molecule has 0 spiro atoms. The van der Waals surface area contributed by atoms with Gasteiger partial charge in [0.25, 0.3) is 0 Å². The summed E-state index contributed by atoms with van der Waals surface area (Å²) in [6, 6.07) is 0.689. The molecule has 1 heterocycles. The predicted octanol–water partition coefficient (Wildman–Crippen LogP) is 3.46. The number of rotatable bonds is 6. The van der Waals surface area contributed by atoms with Gasteiger partial charge in [-0.25, -0.2) is 0 Å². The first-order valence-corrected chi connectivity index (χ1v) is 7.95. The van der Waals surface area contributed by atoms with E-state index in [-0.39, 0.29) is 0 Å². The number of aromatic nitrogens is 3. The second-order valence-corrected chi connectivity index (χ2v) is 6.58. The number of hydrogen-bond donors (Lipinski definition) is 0. The standard InChI is InChI=1S/C12H18ClN3S/c1-8(6-13)7-17-12-15-14-11(9-2-3-9)16(12)10-4-5-10/h8-10H,2-7H2,1H3. The third-order valence-electron chi connectivity index (χ3n) is 3.31. The van der Waals surface area contributed by atoms with Gasteiger partial charge in [-0.1, -0.05) is 18.7 Å². The Balaban J connectivity index is 1.74. The molecule has 0 bridgehead atoms. The summed E-state index contributed by atoms with van der Waals surface area (Å²) in [7, 11) is 0. The topological polar surface area (TPSA) is 30.7 Å². The van der Waals surface area contributed by atoms with E-state index in [1.807, 2.05) is 11.8 Å². The Morgan fingerprint density at radius 2 is 2.12 bits per heavy atom. The monoisotopic (exact) mass is 271 g/mol. The quantitative estimate of drug-likeness (QED) is 0.586. The Hall–Kier alpha value is -0.220. The van der Waals surface area contributed by atoms with E-state index in [0.29, 0.717) is 17.9 Å². The molecule has 1 unspecified atom stereocenters. The van der Waals surface area contributed by atoms with E-state index in [9.17, 15) is 0 Å². The summed E-state index contributed by atoms with van der Waals surface area (Å²) in [6.45, 7) is 2.18. The number of halogens is 1. The zero-order valence-corrected chi connectivity index (χ0v) is 11.7. The second-order valence-electron chi connectivity index (χ2n) is 5.29. The van der Waals surface area contributed by atoms with Gasteiger partial charge in [0.05, 0.1) is 0 Å². The highest BCUT2D eigenvalue weighted by atomic mass is 35.5. The fourth-order valence-electron chi connectivity index (χ4n) is 1.94. The summed E-state index contributed by atoms with van der Waals surface area (Å²) in [4.78, 5) is 0. The SMILES string of the molecule is CC(CCl)CSc1nnc(C2CC2)n1C1CC1. The summed E-state index contributed by atoms with van der Waals surface area (Å²) in [5.41, 5.74) is 0. The number of hydrogen-bond acceptors (Lipinski definition) is 3. The zero-order valence-electron chi connectivity index (χ0n) is 10.1. The molecule has 2 fully saturated rings. The fraction of sp³-hybridized carbons (Fsp3) is 0.833. The first-order valence-electron chi connectivity index (χ1n) is 6.43. The molecule has 5 heteroatoms. The molecule has 17 heavy (non-hydrogen) atoms. The van der Waals surface area contributed by atoms with Gasteiger partial charge in [-0.15, -0.1) is 21.8 Å². The van der Waals surface area contributed by atoms with Crippen LogP contribution in [0, 0.1) is 5.92 Å². The average molecular weight is 272 g/mol. The molecule has 2 aliphatic carbocycles. The summed E-state index contributed by atoms with van der Waals surface area (Å²) >= 11 is 7.66. The maximum Gasteiger partial charge on any atom is 0.191 e. The highest BCUT2D eigenvalue weighted by Gasteiger charge is 2.36. The maximum atomic E-state index is 5.84. The van der Waals surface area contributed by atoms with Crippen LogP contribution < -0.4 is 0 Å². The molecular weight excluding hydrogens is 254 g/mol. The highest BCUT2D eigenvalue weighted by Crippen LogP contribution is 2.46. The summed E-state index contributed by atoms with van der Waals surface area (Å²) < 4.78 is 2.41. The van der Waals surface area contributed by atoms with Crippen LogP contribution in [0.2, 0.25) is 0 Å². The smallest absolute Gasteiger partial charge is 0.191 e. The van der Waals surface area contributed by atoms with Gasteiger partial charge in [-0.3, -0.25) is 0 Å².